The fourth-order valence-electron chi connectivity index (χ4n) is 4.81. The maximum absolute atomic E-state index is 14.0. The van der Waals surface area contributed by atoms with Crippen molar-refractivity contribution in [2.75, 3.05) is 0 Å². The van der Waals surface area contributed by atoms with Crippen LogP contribution in [0.2, 0.25) is 0 Å². The Morgan fingerprint density at radius 2 is 0.967 bits per heavy atom. The van der Waals surface area contributed by atoms with Crippen LogP contribution >= 0.6 is 0 Å². The molecule has 5 rings (SSSR count). The lowest BCUT2D eigenvalue weighted by Crippen LogP contribution is -2.32. The molecule has 0 fully saturated rings. The molecule has 0 amide bonds. The van der Waals surface area contributed by atoms with Crippen molar-refractivity contribution in [1.82, 2.24) is 0 Å². The van der Waals surface area contributed by atoms with Gasteiger partial charge in [0.15, 0.2) is 9.84 Å². The van der Waals surface area contributed by atoms with Crippen molar-refractivity contribution in [3.63, 3.8) is 0 Å². The Morgan fingerprint density at radius 1 is 0.500 bits per heavy atom. The van der Waals surface area contributed by atoms with Crippen molar-refractivity contribution in [2.45, 2.75) is 22.0 Å². The van der Waals surface area contributed by atoms with E-state index in [2.05, 4.69) is 24.3 Å². The van der Waals surface area contributed by atoms with Gasteiger partial charge in [-0.25, -0.2) is 8.42 Å². The van der Waals surface area contributed by atoms with E-state index in [0.29, 0.717) is 4.90 Å². The van der Waals surface area contributed by atoms with E-state index in [9.17, 15) is 8.42 Å². The molecule has 0 aliphatic carbocycles. The zero-order chi connectivity index (χ0) is 20.6. The van der Waals surface area contributed by atoms with Crippen molar-refractivity contribution in [3.05, 3.63) is 138 Å². The van der Waals surface area contributed by atoms with Crippen molar-refractivity contribution < 1.29 is 8.42 Å². The van der Waals surface area contributed by atoms with Crippen LogP contribution in [0.5, 0.6) is 0 Å². The molecule has 1 heterocycles. The lowest BCUT2D eigenvalue weighted by Gasteiger charge is -2.40. The Hall–Kier alpha value is -3.17. The van der Waals surface area contributed by atoms with E-state index in [-0.39, 0.29) is 11.8 Å². The van der Waals surface area contributed by atoms with E-state index in [4.69, 9.17) is 0 Å². The van der Waals surface area contributed by atoms with Gasteiger partial charge in [0.1, 0.15) is 0 Å². The van der Waals surface area contributed by atoms with Gasteiger partial charge >= 0.3 is 0 Å². The molecule has 3 atom stereocenters. The minimum absolute atomic E-state index is 0.0569. The highest BCUT2D eigenvalue weighted by molar-refractivity contribution is 7.91. The minimum Gasteiger partial charge on any atom is -0.223 e. The van der Waals surface area contributed by atoms with Crippen LogP contribution in [0.25, 0.3) is 0 Å². The molecule has 0 saturated heterocycles. The van der Waals surface area contributed by atoms with Crippen LogP contribution in [0.4, 0.5) is 0 Å². The van der Waals surface area contributed by atoms with Crippen LogP contribution < -0.4 is 0 Å². The maximum atomic E-state index is 14.0. The maximum Gasteiger partial charge on any atom is 0.186 e. The third-order valence-corrected chi connectivity index (χ3v) is 8.27. The fraction of sp³-hybridized carbons (Fsp3) is 0.111. The van der Waals surface area contributed by atoms with Crippen molar-refractivity contribution >= 4 is 9.84 Å². The number of hydrogen-bond acceptors (Lipinski definition) is 2. The normalized spacial score (nSPS) is 22.2. The summed E-state index contributed by atoms with van der Waals surface area (Å²) in [7, 11) is -3.57. The summed E-state index contributed by atoms with van der Waals surface area (Å²) in [6, 6.07) is 37.5. The Bertz CT molecular complexity index is 1250. The van der Waals surface area contributed by atoms with Gasteiger partial charge in [0, 0.05) is 11.8 Å². The smallest absolute Gasteiger partial charge is 0.186 e. The molecular weight excluding hydrogens is 388 g/mol. The van der Waals surface area contributed by atoms with Crippen LogP contribution in [-0.2, 0) is 9.84 Å². The number of hydrogen-bond donors (Lipinski definition) is 0. The summed E-state index contributed by atoms with van der Waals surface area (Å²) in [5.41, 5.74) is 3.89. The average molecular weight is 411 g/mol. The topological polar surface area (TPSA) is 34.1 Å². The number of sulfone groups is 1. The van der Waals surface area contributed by atoms with Gasteiger partial charge in [0.05, 0.1) is 10.1 Å². The standard InChI is InChI=1S/C27H22O2S/c28-30(29)24-19-11-10-18-23(24)25(20-12-4-1-5-13-20)26(21-14-6-2-7-15-21)27(30)22-16-8-3-9-17-22/h1-19,25-27H/t25-,26-,27+/m0/s1. The van der Waals surface area contributed by atoms with Crippen LogP contribution in [0.3, 0.4) is 0 Å². The molecule has 0 unspecified atom stereocenters. The third kappa shape index (κ3) is 3.06. The Balaban J connectivity index is 1.86. The van der Waals surface area contributed by atoms with Gasteiger partial charge in [-0.05, 0) is 28.3 Å². The fourth-order valence-corrected chi connectivity index (χ4v) is 7.09. The second-order valence-electron chi connectivity index (χ2n) is 7.74. The first-order chi connectivity index (χ1) is 14.7. The van der Waals surface area contributed by atoms with Gasteiger partial charge in [-0.1, -0.05) is 109 Å². The molecule has 1 aliphatic rings. The summed E-state index contributed by atoms with van der Waals surface area (Å²) < 4.78 is 27.9. The molecule has 4 aromatic rings. The summed E-state index contributed by atoms with van der Waals surface area (Å²) in [5, 5.41) is -0.652. The number of benzene rings is 4. The molecule has 0 radical (unpaired) electrons. The van der Waals surface area contributed by atoms with Crippen LogP contribution in [0, 0.1) is 0 Å². The summed E-state index contributed by atoms with van der Waals surface area (Å²) in [5.74, 6) is -0.283. The molecule has 30 heavy (non-hydrogen) atoms. The van der Waals surface area contributed by atoms with E-state index >= 15 is 0 Å². The average Bonchev–Trinajstić information content (AvgIpc) is 2.80. The molecule has 148 valence electrons. The molecule has 3 heteroatoms. The Morgan fingerprint density at radius 3 is 1.57 bits per heavy atom. The third-order valence-electron chi connectivity index (χ3n) is 6.05. The van der Waals surface area contributed by atoms with Crippen molar-refractivity contribution in [3.8, 4) is 0 Å². The van der Waals surface area contributed by atoms with Gasteiger partial charge in [-0.15, -0.1) is 0 Å². The highest BCUT2D eigenvalue weighted by Crippen LogP contribution is 2.55. The first kappa shape index (κ1) is 18.8. The van der Waals surface area contributed by atoms with E-state index in [1.165, 1.54) is 0 Å². The minimum atomic E-state index is -3.57. The summed E-state index contributed by atoms with van der Waals surface area (Å²) in [6.07, 6.45) is 0. The van der Waals surface area contributed by atoms with Gasteiger partial charge < -0.3 is 0 Å². The van der Waals surface area contributed by atoms with E-state index < -0.39 is 15.1 Å². The van der Waals surface area contributed by atoms with E-state index in [1.807, 2.05) is 84.9 Å². The first-order valence-corrected chi connectivity index (χ1v) is 11.7. The number of rotatable bonds is 3. The Kier molecular flexibility index (Phi) is 4.76. The molecule has 4 aromatic carbocycles. The molecule has 0 bridgehead atoms. The van der Waals surface area contributed by atoms with Crippen LogP contribution in [-0.4, -0.2) is 8.42 Å². The first-order valence-electron chi connectivity index (χ1n) is 10.2. The lowest BCUT2D eigenvalue weighted by atomic mass is 9.73. The van der Waals surface area contributed by atoms with Gasteiger partial charge in [-0.3, -0.25) is 0 Å². The predicted octanol–water partition coefficient (Wildman–Crippen LogP) is 6.13. The van der Waals surface area contributed by atoms with Gasteiger partial charge in [0.25, 0.3) is 0 Å². The summed E-state index contributed by atoms with van der Waals surface area (Å²) in [6.45, 7) is 0. The van der Waals surface area contributed by atoms with Crippen LogP contribution in [0.15, 0.2) is 120 Å². The zero-order valence-electron chi connectivity index (χ0n) is 16.4. The highest BCUT2D eigenvalue weighted by Gasteiger charge is 2.48. The zero-order valence-corrected chi connectivity index (χ0v) is 17.2. The molecule has 0 saturated carbocycles. The van der Waals surface area contributed by atoms with Crippen molar-refractivity contribution in [1.29, 1.82) is 0 Å². The van der Waals surface area contributed by atoms with E-state index in [0.717, 1.165) is 22.3 Å². The second-order valence-corrected chi connectivity index (χ2v) is 9.78. The largest absolute Gasteiger partial charge is 0.223 e. The molecule has 0 spiro atoms. The Labute approximate surface area is 177 Å². The lowest BCUT2D eigenvalue weighted by molar-refractivity contribution is 0.507. The van der Waals surface area contributed by atoms with Crippen LogP contribution in [0.1, 0.15) is 39.3 Å². The highest BCUT2D eigenvalue weighted by atomic mass is 32.2. The molecule has 2 nitrogen and oxygen atoms in total. The SMILES string of the molecule is O=S1(=O)c2ccccc2[C@H](c2ccccc2)[C@H](c2ccccc2)[C@H]1c1ccccc1. The van der Waals surface area contributed by atoms with Gasteiger partial charge in [-0.2, -0.15) is 0 Å². The van der Waals surface area contributed by atoms with Crippen molar-refractivity contribution in [2.24, 2.45) is 0 Å². The molecule has 1 aliphatic heterocycles. The quantitative estimate of drug-likeness (QED) is 0.407. The molecule has 0 N–H and O–H groups in total. The summed E-state index contributed by atoms with van der Waals surface area (Å²) in [4.78, 5) is 0.444. The summed E-state index contributed by atoms with van der Waals surface area (Å²) >= 11 is 0. The predicted molar refractivity (Wildman–Crippen MR) is 120 cm³/mol. The second kappa shape index (κ2) is 7.58. The number of fused-ring (bicyclic) bond motifs is 1. The molecule has 0 aromatic heterocycles. The van der Waals surface area contributed by atoms with Gasteiger partial charge in [0.2, 0.25) is 0 Å². The molecular formula is C27H22O2S. The van der Waals surface area contributed by atoms with E-state index in [1.54, 1.807) is 6.07 Å². The monoisotopic (exact) mass is 410 g/mol.